The number of rotatable bonds is 63. The van der Waals surface area contributed by atoms with Gasteiger partial charge in [0.25, 0.3) is 0 Å². The molecule has 2 atom stereocenters. The highest BCUT2D eigenvalue weighted by Gasteiger charge is 2.18. The van der Waals surface area contributed by atoms with Gasteiger partial charge in [-0.25, -0.2) is 0 Å². The van der Waals surface area contributed by atoms with Crippen molar-refractivity contribution < 1.29 is 24.5 Å². The molecule has 0 rings (SSSR count). The molecule has 0 fully saturated rings. The van der Waals surface area contributed by atoms with E-state index < -0.39 is 12.1 Å². The van der Waals surface area contributed by atoms with E-state index in [-0.39, 0.29) is 18.5 Å². The monoisotopic (exact) mass is 1040 g/mol. The van der Waals surface area contributed by atoms with Gasteiger partial charge in [0.2, 0.25) is 5.91 Å². The predicted octanol–water partition coefficient (Wildman–Crippen LogP) is 21.4. The largest absolute Gasteiger partial charge is 0.466 e. The molecule has 0 aliphatic heterocycles. The first-order valence-corrected chi connectivity index (χ1v) is 33.6. The van der Waals surface area contributed by atoms with Crippen molar-refractivity contribution in [1.29, 1.82) is 0 Å². The lowest BCUT2D eigenvalue weighted by Gasteiger charge is -2.20. The summed E-state index contributed by atoms with van der Waals surface area (Å²) >= 11 is 0. The number of allylic oxidation sites excluding steroid dienone is 3. The molecular formula is C68H131NO5. The van der Waals surface area contributed by atoms with E-state index in [9.17, 15) is 19.8 Å². The minimum absolute atomic E-state index is 0.00272. The Morgan fingerprint density at radius 1 is 0.365 bits per heavy atom. The van der Waals surface area contributed by atoms with Crippen LogP contribution < -0.4 is 5.32 Å². The van der Waals surface area contributed by atoms with E-state index in [1.807, 2.05) is 6.08 Å². The Labute approximate surface area is 462 Å². The number of nitrogens with one attached hydrogen (secondary N) is 1. The molecule has 6 nitrogen and oxygen atoms in total. The first kappa shape index (κ1) is 72.3. The lowest BCUT2D eigenvalue weighted by atomic mass is 10.0. The number of esters is 1. The van der Waals surface area contributed by atoms with E-state index in [4.69, 9.17) is 4.74 Å². The second-order valence-corrected chi connectivity index (χ2v) is 23.2. The molecule has 0 saturated heterocycles. The molecule has 74 heavy (non-hydrogen) atoms. The van der Waals surface area contributed by atoms with E-state index in [2.05, 4.69) is 31.3 Å². The highest BCUT2D eigenvalue weighted by Crippen LogP contribution is 2.18. The third kappa shape index (κ3) is 59.6. The number of hydrogen-bond donors (Lipinski definition) is 3. The van der Waals surface area contributed by atoms with Crippen molar-refractivity contribution in [2.75, 3.05) is 13.2 Å². The van der Waals surface area contributed by atoms with Crippen LogP contribution in [0.5, 0.6) is 0 Å². The molecule has 2 unspecified atom stereocenters. The maximum Gasteiger partial charge on any atom is 0.305 e. The van der Waals surface area contributed by atoms with Crippen LogP contribution in [-0.4, -0.2) is 47.4 Å². The second kappa shape index (κ2) is 63.9. The van der Waals surface area contributed by atoms with E-state index >= 15 is 0 Å². The van der Waals surface area contributed by atoms with Gasteiger partial charge in [-0.1, -0.05) is 327 Å². The molecule has 0 aromatic rings. The fourth-order valence-electron chi connectivity index (χ4n) is 10.6. The number of aliphatic hydroxyl groups is 2. The topological polar surface area (TPSA) is 95.9 Å². The average Bonchev–Trinajstić information content (AvgIpc) is 3.40. The molecule has 0 aliphatic rings. The van der Waals surface area contributed by atoms with Crippen molar-refractivity contribution in [3.8, 4) is 0 Å². The van der Waals surface area contributed by atoms with E-state index in [0.29, 0.717) is 19.4 Å². The van der Waals surface area contributed by atoms with Crippen LogP contribution in [-0.2, 0) is 14.3 Å². The zero-order valence-electron chi connectivity index (χ0n) is 50.1. The normalized spacial score (nSPS) is 12.6. The molecule has 0 aliphatic carbocycles. The molecule has 438 valence electrons. The van der Waals surface area contributed by atoms with Gasteiger partial charge in [-0.05, 0) is 57.8 Å². The Morgan fingerprint density at radius 2 is 0.635 bits per heavy atom. The van der Waals surface area contributed by atoms with Crippen LogP contribution in [0, 0.1) is 0 Å². The minimum atomic E-state index is -0.853. The summed E-state index contributed by atoms with van der Waals surface area (Å²) in [6, 6.07) is -0.637. The van der Waals surface area contributed by atoms with Crippen LogP contribution in [0.1, 0.15) is 373 Å². The van der Waals surface area contributed by atoms with Crippen LogP contribution in [0.15, 0.2) is 24.3 Å². The SMILES string of the molecule is CCCCCCCC/C=C\CCCCCCCCCCCC(=O)OCCCCCCCCCCCCCCCCC(=O)NC(CO)C(O)/C=C/CCCCCCCCCCCCCCCCCCCCCCCC. The molecule has 0 aromatic heterocycles. The minimum Gasteiger partial charge on any atom is -0.466 e. The van der Waals surface area contributed by atoms with Crippen LogP contribution in [0.2, 0.25) is 0 Å². The Bertz CT molecular complexity index is 1150. The Hall–Kier alpha value is -1.66. The van der Waals surface area contributed by atoms with E-state index in [0.717, 1.165) is 57.8 Å². The number of unbranched alkanes of at least 4 members (excludes halogenated alkanes) is 50. The summed E-state index contributed by atoms with van der Waals surface area (Å²) in [6.45, 7) is 4.91. The maximum absolute atomic E-state index is 12.5. The summed E-state index contributed by atoms with van der Waals surface area (Å²) in [6.07, 6.45) is 79.4. The molecule has 0 saturated carbocycles. The van der Waals surface area contributed by atoms with Crippen LogP contribution in [0.25, 0.3) is 0 Å². The van der Waals surface area contributed by atoms with Crippen LogP contribution in [0.3, 0.4) is 0 Å². The Morgan fingerprint density at radius 3 is 0.959 bits per heavy atom. The summed E-state index contributed by atoms with van der Waals surface area (Å²) < 4.78 is 5.50. The molecule has 0 aromatic carbocycles. The number of amides is 1. The van der Waals surface area contributed by atoms with Crippen molar-refractivity contribution >= 4 is 11.9 Å². The number of ether oxygens (including phenoxy) is 1. The smallest absolute Gasteiger partial charge is 0.305 e. The molecule has 3 N–H and O–H groups in total. The van der Waals surface area contributed by atoms with Gasteiger partial charge in [-0.15, -0.1) is 0 Å². The lowest BCUT2D eigenvalue weighted by Crippen LogP contribution is -2.45. The quantitative estimate of drug-likeness (QED) is 0.0320. The first-order valence-electron chi connectivity index (χ1n) is 33.6. The zero-order valence-corrected chi connectivity index (χ0v) is 50.1. The van der Waals surface area contributed by atoms with Gasteiger partial charge in [0, 0.05) is 12.8 Å². The van der Waals surface area contributed by atoms with Crippen molar-refractivity contribution in [2.45, 2.75) is 386 Å². The number of carbonyl (C=O) groups is 2. The van der Waals surface area contributed by atoms with Gasteiger partial charge < -0.3 is 20.3 Å². The Kier molecular flexibility index (Phi) is 62.4. The fraction of sp³-hybridized carbons (Fsp3) is 0.912. The molecular weight excluding hydrogens is 911 g/mol. The molecule has 0 radical (unpaired) electrons. The Balaban J connectivity index is 3.45. The van der Waals surface area contributed by atoms with Gasteiger partial charge in [0.05, 0.1) is 25.4 Å². The second-order valence-electron chi connectivity index (χ2n) is 23.2. The summed E-state index contributed by atoms with van der Waals surface area (Å²) in [5.41, 5.74) is 0. The van der Waals surface area contributed by atoms with E-state index in [1.165, 1.54) is 289 Å². The standard InChI is InChI=1S/C68H131NO5/c1-3-5-7-9-11-13-15-17-19-21-23-24-25-26-27-29-30-32-36-40-44-48-52-56-60-66(71)65(64-70)69-67(72)61-57-53-49-45-41-37-34-35-39-43-47-51-55-59-63-74-68(73)62-58-54-50-46-42-38-33-31-28-22-20-18-16-14-12-10-8-6-4-2/h18,20,56,60,65-66,70-71H,3-17,19,21-55,57-59,61-64H2,1-2H3,(H,69,72)/b20-18-,60-56+. The van der Waals surface area contributed by atoms with Crippen LogP contribution in [0.4, 0.5) is 0 Å². The zero-order chi connectivity index (χ0) is 53.6. The first-order chi connectivity index (χ1) is 36.5. The third-order valence-electron chi connectivity index (χ3n) is 15.7. The van der Waals surface area contributed by atoms with Gasteiger partial charge >= 0.3 is 5.97 Å². The summed E-state index contributed by atoms with van der Waals surface area (Å²) in [5, 5.41) is 23.2. The maximum atomic E-state index is 12.5. The summed E-state index contributed by atoms with van der Waals surface area (Å²) in [5.74, 6) is -0.0770. The van der Waals surface area contributed by atoms with Crippen LogP contribution >= 0.6 is 0 Å². The summed E-state index contributed by atoms with van der Waals surface area (Å²) in [4.78, 5) is 24.6. The van der Waals surface area contributed by atoms with Gasteiger partial charge in [-0.3, -0.25) is 9.59 Å². The predicted molar refractivity (Wildman–Crippen MR) is 324 cm³/mol. The van der Waals surface area contributed by atoms with Crippen molar-refractivity contribution in [1.82, 2.24) is 5.32 Å². The lowest BCUT2D eigenvalue weighted by molar-refractivity contribution is -0.143. The highest BCUT2D eigenvalue weighted by atomic mass is 16.5. The van der Waals surface area contributed by atoms with Gasteiger partial charge in [-0.2, -0.15) is 0 Å². The molecule has 1 amide bonds. The van der Waals surface area contributed by atoms with Gasteiger partial charge in [0.1, 0.15) is 0 Å². The van der Waals surface area contributed by atoms with Crippen molar-refractivity contribution in [3.63, 3.8) is 0 Å². The molecule has 0 heterocycles. The van der Waals surface area contributed by atoms with E-state index in [1.54, 1.807) is 6.08 Å². The molecule has 6 heteroatoms. The summed E-state index contributed by atoms with van der Waals surface area (Å²) in [7, 11) is 0. The van der Waals surface area contributed by atoms with Crippen molar-refractivity contribution in [3.05, 3.63) is 24.3 Å². The molecule has 0 spiro atoms. The molecule has 0 bridgehead atoms. The highest BCUT2D eigenvalue weighted by molar-refractivity contribution is 5.76. The fourth-order valence-corrected chi connectivity index (χ4v) is 10.6. The number of carbonyl (C=O) groups excluding carboxylic acids is 2. The van der Waals surface area contributed by atoms with Crippen molar-refractivity contribution in [2.24, 2.45) is 0 Å². The third-order valence-corrected chi connectivity index (χ3v) is 15.7. The average molecular weight is 1040 g/mol. The number of aliphatic hydroxyl groups excluding tert-OH is 2. The number of hydrogen-bond acceptors (Lipinski definition) is 5. The van der Waals surface area contributed by atoms with Gasteiger partial charge in [0.15, 0.2) is 0 Å².